The molecular formula is C27H32N4O6S. The Morgan fingerprint density at radius 1 is 1.13 bits per heavy atom. The van der Waals surface area contributed by atoms with E-state index in [2.05, 4.69) is 15.1 Å². The molecule has 3 N–H and O–H groups in total. The van der Waals surface area contributed by atoms with Gasteiger partial charge in [0.1, 0.15) is 10.6 Å². The van der Waals surface area contributed by atoms with Gasteiger partial charge in [0.2, 0.25) is 21.8 Å². The van der Waals surface area contributed by atoms with E-state index in [4.69, 9.17) is 4.74 Å². The van der Waals surface area contributed by atoms with Crippen molar-refractivity contribution in [2.75, 3.05) is 11.9 Å². The van der Waals surface area contributed by atoms with Crippen molar-refractivity contribution in [3.05, 3.63) is 58.8 Å². The van der Waals surface area contributed by atoms with Crippen LogP contribution in [-0.2, 0) is 14.8 Å². The number of aromatic nitrogens is 2. The monoisotopic (exact) mass is 540 g/mol. The van der Waals surface area contributed by atoms with Gasteiger partial charge in [-0.1, -0.05) is 26.0 Å². The lowest BCUT2D eigenvalue weighted by molar-refractivity contribution is -0.117. The maximum Gasteiger partial charge on any atom is 0.356 e. The van der Waals surface area contributed by atoms with Crippen molar-refractivity contribution in [2.24, 2.45) is 11.8 Å². The standard InChI is InChI=1S/C27H32N4O6S/c1-15(2)14-28-38(35,36)23-13-20(29-25(32)19-8-9-19)10-11-22(23)37-26-18(5)24(27(33)34)30-31(26)21-12-16(3)6-7-17(21)4/h6-7,10-13,15,19,28H,8-9,14H2,1-5H3,(H,29,32)(H,33,34). The summed E-state index contributed by atoms with van der Waals surface area (Å²) >= 11 is 0. The summed E-state index contributed by atoms with van der Waals surface area (Å²) in [5.41, 5.74) is 2.71. The first-order valence-corrected chi connectivity index (χ1v) is 13.9. The van der Waals surface area contributed by atoms with Crippen LogP contribution in [0.1, 0.15) is 53.9 Å². The molecule has 0 bridgehead atoms. The van der Waals surface area contributed by atoms with Crippen LogP contribution in [0, 0.1) is 32.6 Å². The maximum atomic E-state index is 13.4. The summed E-state index contributed by atoms with van der Waals surface area (Å²) in [7, 11) is -4.06. The number of aromatic carboxylic acids is 1. The predicted molar refractivity (Wildman–Crippen MR) is 143 cm³/mol. The molecule has 3 aromatic rings. The molecule has 1 amide bonds. The van der Waals surface area contributed by atoms with E-state index < -0.39 is 16.0 Å². The number of sulfonamides is 1. The van der Waals surface area contributed by atoms with Crippen LogP contribution in [0.3, 0.4) is 0 Å². The van der Waals surface area contributed by atoms with Crippen LogP contribution in [0.25, 0.3) is 5.69 Å². The number of amides is 1. The fourth-order valence-electron chi connectivity index (χ4n) is 3.84. The van der Waals surface area contributed by atoms with Gasteiger partial charge in [0.25, 0.3) is 0 Å². The Morgan fingerprint density at radius 3 is 2.47 bits per heavy atom. The lowest BCUT2D eigenvalue weighted by atomic mass is 10.1. The average Bonchev–Trinajstić information content (AvgIpc) is 3.65. The van der Waals surface area contributed by atoms with Gasteiger partial charge >= 0.3 is 5.97 Å². The SMILES string of the molecule is Cc1ccc(C)c(-n2nc(C(=O)O)c(C)c2Oc2ccc(NC(=O)C3CC3)cc2S(=O)(=O)NCC(C)C)c1. The summed E-state index contributed by atoms with van der Waals surface area (Å²) in [6.45, 7) is 9.28. The summed E-state index contributed by atoms with van der Waals surface area (Å²) in [5.74, 6) is -1.36. The topological polar surface area (TPSA) is 140 Å². The third-order valence-corrected chi connectivity index (χ3v) is 7.65. The Morgan fingerprint density at radius 2 is 1.84 bits per heavy atom. The van der Waals surface area contributed by atoms with Gasteiger partial charge in [-0.2, -0.15) is 9.78 Å². The number of hydrogen-bond donors (Lipinski definition) is 3. The van der Waals surface area contributed by atoms with Crippen molar-refractivity contribution in [3.8, 4) is 17.3 Å². The number of carbonyl (C=O) groups excluding carboxylic acids is 1. The Labute approximate surface area is 222 Å². The molecule has 0 aliphatic heterocycles. The molecule has 0 unspecified atom stereocenters. The molecule has 38 heavy (non-hydrogen) atoms. The smallest absolute Gasteiger partial charge is 0.356 e. The minimum atomic E-state index is -4.06. The molecule has 1 aromatic heterocycles. The van der Waals surface area contributed by atoms with Gasteiger partial charge < -0.3 is 15.2 Å². The van der Waals surface area contributed by atoms with E-state index in [-0.39, 0.29) is 52.1 Å². The van der Waals surface area contributed by atoms with E-state index in [9.17, 15) is 23.1 Å². The van der Waals surface area contributed by atoms with Crippen LogP contribution in [-0.4, -0.2) is 41.7 Å². The molecular weight excluding hydrogens is 508 g/mol. The first-order valence-electron chi connectivity index (χ1n) is 12.4. The highest BCUT2D eigenvalue weighted by molar-refractivity contribution is 7.89. The van der Waals surface area contributed by atoms with Gasteiger partial charge in [-0.25, -0.2) is 17.9 Å². The molecule has 2 aromatic carbocycles. The predicted octanol–water partition coefficient (Wildman–Crippen LogP) is 4.57. The van der Waals surface area contributed by atoms with Crippen molar-refractivity contribution in [3.63, 3.8) is 0 Å². The number of benzene rings is 2. The third kappa shape index (κ3) is 5.89. The van der Waals surface area contributed by atoms with Crippen LogP contribution in [0.4, 0.5) is 5.69 Å². The first-order chi connectivity index (χ1) is 17.9. The van der Waals surface area contributed by atoms with Gasteiger partial charge in [0, 0.05) is 23.7 Å². The fraction of sp³-hybridized carbons (Fsp3) is 0.370. The molecule has 4 rings (SSSR count). The number of carboxylic acids is 1. The second-order valence-corrected chi connectivity index (χ2v) is 11.8. The number of anilines is 1. The van der Waals surface area contributed by atoms with E-state index in [1.54, 1.807) is 13.0 Å². The molecule has 0 spiro atoms. The number of carbonyl (C=O) groups is 2. The van der Waals surface area contributed by atoms with Crippen molar-refractivity contribution in [1.82, 2.24) is 14.5 Å². The summed E-state index contributed by atoms with van der Waals surface area (Å²) in [5, 5.41) is 16.8. The Kier molecular flexibility index (Phi) is 7.61. The molecule has 0 saturated heterocycles. The van der Waals surface area contributed by atoms with E-state index in [1.165, 1.54) is 16.8 Å². The minimum absolute atomic E-state index is 0.0304. The van der Waals surface area contributed by atoms with Gasteiger partial charge in [-0.15, -0.1) is 0 Å². The third-order valence-electron chi connectivity index (χ3n) is 6.20. The molecule has 1 saturated carbocycles. The Hall–Kier alpha value is -3.70. The zero-order chi connectivity index (χ0) is 27.8. The van der Waals surface area contributed by atoms with Crippen molar-refractivity contribution >= 4 is 27.6 Å². The van der Waals surface area contributed by atoms with Crippen molar-refractivity contribution < 1.29 is 27.9 Å². The number of rotatable bonds is 10. The quantitative estimate of drug-likeness (QED) is 0.342. The Bertz CT molecular complexity index is 1510. The molecule has 0 radical (unpaired) electrons. The number of aryl methyl sites for hydroxylation is 2. The molecule has 1 aliphatic carbocycles. The number of hydrogen-bond acceptors (Lipinski definition) is 6. The first kappa shape index (κ1) is 27.3. The maximum absolute atomic E-state index is 13.4. The molecule has 11 heteroatoms. The van der Waals surface area contributed by atoms with Crippen LogP contribution >= 0.6 is 0 Å². The highest BCUT2D eigenvalue weighted by Gasteiger charge is 2.31. The van der Waals surface area contributed by atoms with Crippen LogP contribution in [0.5, 0.6) is 11.6 Å². The second kappa shape index (κ2) is 10.6. The molecule has 0 atom stereocenters. The second-order valence-electron chi connectivity index (χ2n) is 10.1. The summed E-state index contributed by atoms with van der Waals surface area (Å²) in [6, 6.07) is 10.0. The molecule has 10 nitrogen and oxygen atoms in total. The summed E-state index contributed by atoms with van der Waals surface area (Å²) in [6.07, 6.45) is 1.61. The highest BCUT2D eigenvalue weighted by Crippen LogP contribution is 2.37. The van der Waals surface area contributed by atoms with Crippen molar-refractivity contribution in [1.29, 1.82) is 0 Å². The lowest BCUT2D eigenvalue weighted by Gasteiger charge is -2.17. The summed E-state index contributed by atoms with van der Waals surface area (Å²) < 4.78 is 36.9. The number of carboxylic acid groups (broad SMARTS) is 1. The van der Waals surface area contributed by atoms with Gasteiger partial charge in [0.05, 0.1) is 5.69 Å². The minimum Gasteiger partial charge on any atom is -0.476 e. The highest BCUT2D eigenvalue weighted by atomic mass is 32.2. The van der Waals surface area contributed by atoms with E-state index in [0.29, 0.717) is 11.4 Å². The van der Waals surface area contributed by atoms with Crippen molar-refractivity contribution in [2.45, 2.75) is 52.4 Å². The van der Waals surface area contributed by atoms with E-state index >= 15 is 0 Å². The molecule has 1 aliphatic rings. The van der Waals surface area contributed by atoms with Crippen LogP contribution < -0.4 is 14.8 Å². The lowest BCUT2D eigenvalue weighted by Crippen LogP contribution is -2.28. The fourth-order valence-corrected chi connectivity index (χ4v) is 5.21. The van der Waals surface area contributed by atoms with Gasteiger partial charge in [-0.3, -0.25) is 4.79 Å². The van der Waals surface area contributed by atoms with E-state index in [1.807, 2.05) is 45.9 Å². The number of nitrogens with zero attached hydrogens (tertiary/aromatic N) is 2. The van der Waals surface area contributed by atoms with Gasteiger partial charge in [0.15, 0.2) is 5.69 Å². The van der Waals surface area contributed by atoms with E-state index in [0.717, 1.165) is 24.0 Å². The van der Waals surface area contributed by atoms with Gasteiger partial charge in [-0.05, 0) is 74.9 Å². The zero-order valence-corrected chi connectivity index (χ0v) is 22.8. The largest absolute Gasteiger partial charge is 0.476 e. The Balaban J connectivity index is 1.83. The zero-order valence-electron chi connectivity index (χ0n) is 22.0. The average molecular weight is 541 g/mol. The summed E-state index contributed by atoms with van der Waals surface area (Å²) in [4.78, 5) is 24.1. The van der Waals surface area contributed by atoms with Crippen LogP contribution in [0.15, 0.2) is 41.3 Å². The molecule has 1 heterocycles. The normalized spacial score (nSPS) is 13.5. The molecule has 1 fully saturated rings. The van der Waals surface area contributed by atoms with Crippen LogP contribution in [0.2, 0.25) is 0 Å². The number of nitrogens with one attached hydrogen (secondary N) is 2. The number of ether oxygens (including phenoxy) is 1. The molecule has 202 valence electrons.